The van der Waals surface area contributed by atoms with Crippen molar-refractivity contribution in [2.75, 3.05) is 13.1 Å². The van der Waals surface area contributed by atoms with Crippen LogP contribution in [0.3, 0.4) is 0 Å². The second-order valence-electron chi connectivity index (χ2n) is 5.37. The minimum Gasteiger partial charge on any atom is -0.290 e. The van der Waals surface area contributed by atoms with Crippen molar-refractivity contribution in [1.29, 1.82) is 0 Å². The molecular weight excluding hydrogens is 170 g/mol. The van der Waals surface area contributed by atoms with Crippen molar-refractivity contribution in [2.45, 2.75) is 53.0 Å². The van der Waals surface area contributed by atoms with Gasteiger partial charge in [0.15, 0.2) is 0 Å². The summed E-state index contributed by atoms with van der Waals surface area (Å²) in [5.41, 5.74) is 0.152. The molecule has 1 aliphatic heterocycles. The predicted octanol–water partition coefficient (Wildman–Crippen LogP) is 2.91. The van der Waals surface area contributed by atoms with Crippen LogP contribution in [0, 0.1) is 17.3 Å². The average molecular weight is 193 g/mol. The molecule has 0 radical (unpaired) electrons. The molecule has 80 valence electrons. The molecule has 0 amide bonds. The molecule has 1 fully saturated rings. The maximum Gasteiger partial charge on any atom is 0.0604 e. The molecule has 0 bridgehead atoms. The van der Waals surface area contributed by atoms with E-state index in [1.807, 2.05) is 0 Å². The van der Waals surface area contributed by atoms with Gasteiger partial charge in [-0.05, 0) is 47.1 Å². The number of rotatable bonds is 1. The Hall–Kier alpha value is -0.480. The molecule has 1 aliphatic rings. The number of likely N-dealkylation sites (tertiary alicyclic amines) is 1. The van der Waals surface area contributed by atoms with E-state index in [0.717, 1.165) is 12.6 Å². The zero-order valence-electron chi connectivity index (χ0n) is 10.1. The number of nitrogens with zero attached hydrogens (tertiary/aromatic N) is 1. The van der Waals surface area contributed by atoms with Crippen LogP contribution in [0.4, 0.5) is 0 Å². The summed E-state index contributed by atoms with van der Waals surface area (Å²) in [4.78, 5) is 2.50. The van der Waals surface area contributed by atoms with E-state index in [0.29, 0.717) is 0 Å². The third-order valence-corrected chi connectivity index (χ3v) is 2.69. The molecule has 0 aliphatic carbocycles. The minimum atomic E-state index is 0.152. The fraction of sp³-hybridized carbons (Fsp3) is 0.846. The molecule has 0 aromatic carbocycles. The Kier molecular flexibility index (Phi) is 4.01. The van der Waals surface area contributed by atoms with Gasteiger partial charge in [0.05, 0.1) is 6.54 Å². The SMILES string of the molecule is C[C@H]1CCCCN1CC#CC(C)(C)C. The van der Waals surface area contributed by atoms with Crippen molar-refractivity contribution in [1.82, 2.24) is 4.90 Å². The lowest BCUT2D eigenvalue weighted by Crippen LogP contribution is -2.37. The molecule has 14 heavy (non-hydrogen) atoms. The highest BCUT2D eigenvalue weighted by molar-refractivity contribution is 5.09. The molecule has 1 heterocycles. The van der Waals surface area contributed by atoms with Gasteiger partial charge in [0, 0.05) is 11.5 Å². The lowest BCUT2D eigenvalue weighted by atomic mass is 9.98. The van der Waals surface area contributed by atoms with E-state index in [1.54, 1.807) is 0 Å². The van der Waals surface area contributed by atoms with Gasteiger partial charge in [0.25, 0.3) is 0 Å². The summed E-state index contributed by atoms with van der Waals surface area (Å²) in [6.45, 7) is 11.0. The summed E-state index contributed by atoms with van der Waals surface area (Å²) >= 11 is 0. The molecule has 0 aromatic rings. The molecule has 1 atom stereocenters. The summed E-state index contributed by atoms with van der Waals surface area (Å²) in [5.74, 6) is 6.60. The number of hydrogen-bond donors (Lipinski definition) is 0. The smallest absolute Gasteiger partial charge is 0.0604 e. The van der Waals surface area contributed by atoms with Crippen molar-refractivity contribution >= 4 is 0 Å². The van der Waals surface area contributed by atoms with E-state index in [-0.39, 0.29) is 5.41 Å². The predicted molar refractivity (Wildman–Crippen MR) is 62.1 cm³/mol. The Morgan fingerprint density at radius 3 is 2.57 bits per heavy atom. The summed E-state index contributed by atoms with van der Waals surface area (Å²) in [5, 5.41) is 0. The monoisotopic (exact) mass is 193 g/mol. The molecule has 0 saturated carbocycles. The van der Waals surface area contributed by atoms with Gasteiger partial charge in [-0.2, -0.15) is 0 Å². The van der Waals surface area contributed by atoms with Crippen molar-refractivity contribution in [2.24, 2.45) is 5.41 Å². The van der Waals surface area contributed by atoms with Crippen LogP contribution in [-0.2, 0) is 0 Å². The maximum absolute atomic E-state index is 3.30. The molecular formula is C13H23N. The normalized spacial score (nSPS) is 24.1. The zero-order chi connectivity index (χ0) is 10.6. The Bertz CT molecular complexity index is 226. The average Bonchev–Trinajstić information content (AvgIpc) is 2.06. The second-order valence-corrected chi connectivity index (χ2v) is 5.37. The van der Waals surface area contributed by atoms with E-state index in [9.17, 15) is 0 Å². The van der Waals surface area contributed by atoms with Gasteiger partial charge in [-0.3, -0.25) is 4.90 Å². The molecule has 1 heteroatoms. The van der Waals surface area contributed by atoms with Crippen LogP contribution in [-0.4, -0.2) is 24.0 Å². The van der Waals surface area contributed by atoms with Crippen molar-refractivity contribution < 1.29 is 0 Å². The summed E-state index contributed by atoms with van der Waals surface area (Å²) < 4.78 is 0. The minimum absolute atomic E-state index is 0.152. The Labute approximate surface area is 88.9 Å². The quantitative estimate of drug-likeness (QED) is 0.579. The highest BCUT2D eigenvalue weighted by Gasteiger charge is 2.16. The van der Waals surface area contributed by atoms with Crippen LogP contribution < -0.4 is 0 Å². The van der Waals surface area contributed by atoms with Gasteiger partial charge in [-0.25, -0.2) is 0 Å². The fourth-order valence-corrected chi connectivity index (χ4v) is 1.80. The van der Waals surface area contributed by atoms with Crippen molar-refractivity contribution in [3.63, 3.8) is 0 Å². The van der Waals surface area contributed by atoms with Gasteiger partial charge in [0.2, 0.25) is 0 Å². The molecule has 0 N–H and O–H groups in total. The molecule has 1 saturated heterocycles. The van der Waals surface area contributed by atoms with Crippen LogP contribution >= 0.6 is 0 Å². The van der Waals surface area contributed by atoms with Gasteiger partial charge < -0.3 is 0 Å². The van der Waals surface area contributed by atoms with Crippen LogP contribution in [0.15, 0.2) is 0 Å². The van der Waals surface area contributed by atoms with Crippen molar-refractivity contribution in [3.8, 4) is 11.8 Å². The topological polar surface area (TPSA) is 3.24 Å². The van der Waals surface area contributed by atoms with Gasteiger partial charge in [0.1, 0.15) is 0 Å². The van der Waals surface area contributed by atoms with Crippen LogP contribution in [0.2, 0.25) is 0 Å². The van der Waals surface area contributed by atoms with Gasteiger partial charge >= 0.3 is 0 Å². The maximum atomic E-state index is 3.30. The molecule has 1 nitrogen and oxygen atoms in total. The van der Waals surface area contributed by atoms with Crippen molar-refractivity contribution in [3.05, 3.63) is 0 Å². The lowest BCUT2D eigenvalue weighted by molar-refractivity contribution is 0.181. The van der Waals surface area contributed by atoms with E-state index >= 15 is 0 Å². The van der Waals surface area contributed by atoms with Crippen LogP contribution in [0.5, 0.6) is 0 Å². The molecule has 1 rings (SSSR count). The molecule has 0 spiro atoms. The number of hydrogen-bond acceptors (Lipinski definition) is 1. The second kappa shape index (κ2) is 4.84. The first kappa shape index (κ1) is 11.6. The summed E-state index contributed by atoms with van der Waals surface area (Å²) in [6.07, 6.45) is 4.09. The zero-order valence-corrected chi connectivity index (χ0v) is 10.1. The van der Waals surface area contributed by atoms with E-state index < -0.39 is 0 Å². The Morgan fingerprint density at radius 1 is 1.29 bits per heavy atom. The Morgan fingerprint density at radius 2 is 2.00 bits per heavy atom. The number of piperidine rings is 1. The van der Waals surface area contributed by atoms with Gasteiger partial charge in [-0.1, -0.05) is 18.3 Å². The highest BCUT2D eigenvalue weighted by Crippen LogP contribution is 2.15. The molecule has 0 unspecified atom stereocenters. The standard InChI is InChI=1S/C13H23N/c1-12-8-5-6-10-14(12)11-7-9-13(2,3)4/h12H,5-6,8,10-11H2,1-4H3/t12-/m0/s1. The fourth-order valence-electron chi connectivity index (χ4n) is 1.80. The van der Waals surface area contributed by atoms with E-state index in [4.69, 9.17) is 0 Å². The van der Waals surface area contributed by atoms with Crippen LogP contribution in [0.1, 0.15) is 47.0 Å². The largest absolute Gasteiger partial charge is 0.290 e. The third kappa shape index (κ3) is 4.15. The van der Waals surface area contributed by atoms with E-state index in [2.05, 4.69) is 44.4 Å². The van der Waals surface area contributed by atoms with E-state index in [1.165, 1.54) is 25.8 Å². The first-order chi connectivity index (χ1) is 6.49. The third-order valence-electron chi connectivity index (χ3n) is 2.69. The van der Waals surface area contributed by atoms with Crippen LogP contribution in [0.25, 0.3) is 0 Å². The summed E-state index contributed by atoms with van der Waals surface area (Å²) in [6, 6.07) is 0.734. The Balaban J connectivity index is 2.39. The van der Waals surface area contributed by atoms with Gasteiger partial charge in [-0.15, -0.1) is 0 Å². The lowest BCUT2D eigenvalue weighted by Gasteiger charge is -2.31. The summed E-state index contributed by atoms with van der Waals surface area (Å²) in [7, 11) is 0. The first-order valence-electron chi connectivity index (χ1n) is 5.73. The highest BCUT2D eigenvalue weighted by atomic mass is 15.1. The first-order valence-corrected chi connectivity index (χ1v) is 5.73. The molecule has 0 aromatic heterocycles.